The molecule has 0 aliphatic rings. The van der Waals surface area contributed by atoms with Gasteiger partial charge in [0.1, 0.15) is 5.71 Å². The summed E-state index contributed by atoms with van der Waals surface area (Å²) in [4.78, 5) is 15.4. The lowest BCUT2D eigenvalue weighted by molar-refractivity contribution is -0.0591. The minimum Gasteiger partial charge on any atom is -0.465 e. The lowest BCUT2D eigenvalue weighted by Gasteiger charge is -2.09. The molecule has 2 rings (SSSR count). The Kier molecular flexibility index (Phi) is 5.07. The van der Waals surface area contributed by atoms with E-state index < -0.39 is 17.9 Å². The SMILES string of the molecule is COC(=O)c1cc(N=C(C)C(F)(F)F)cc(-c2ccc(C)cc2)c1. The normalized spacial score (nSPS) is 12.2. The first-order valence-corrected chi connectivity index (χ1v) is 7.13. The molecular weight excluding hydrogens is 319 g/mol. The number of hydrogen-bond donors (Lipinski definition) is 0. The number of alkyl halides is 3. The van der Waals surface area contributed by atoms with Crippen LogP contribution in [0, 0.1) is 6.92 Å². The molecule has 2 aromatic carbocycles. The number of nitrogens with zero attached hydrogens (tertiary/aromatic N) is 1. The first-order chi connectivity index (χ1) is 11.2. The van der Waals surface area contributed by atoms with Gasteiger partial charge in [0.05, 0.1) is 18.4 Å². The van der Waals surface area contributed by atoms with Crippen molar-refractivity contribution in [3.05, 3.63) is 53.6 Å². The number of halogens is 3. The molecule has 0 unspecified atom stereocenters. The topological polar surface area (TPSA) is 38.7 Å². The predicted molar refractivity (Wildman–Crippen MR) is 86.8 cm³/mol. The smallest absolute Gasteiger partial charge is 0.429 e. The molecule has 2 aromatic rings. The second-order valence-electron chi connectivity index (χ2n) is 5.32. The van der Waals surface area contributed by atoms with Crippen molar-refractivity contribution in [3.63, 3.8) is 0 Å². The van der Waals surface area contributed by atoms with Crippen LogP contribution in [0.3, 0.4) is 0 Å². The minimum absolute atomic E-state index is 0.0447. The van der Waals surface area contributed by atoms with E-state index in [1.165, 1.54) is 19.2 Å². The molecule has 3 nitrogen and oxygen atoms in total. The number of aryl methyl sites for hydroxylation is 1. The van der Waals surface area contributed by atoms with E-state index in [0.717, 1.165) is 18.1 Å². The van der Waals surface area contributed by atoms with Crippen molar-refractivity contribution >= 4 is 17.4 Å². The van der Waals surface area contributed by atoms with Gasteiger partial charge in [0.15, 0.2) is 0 Å². The van der Waals surface area contributed by atoms with E-state index >= 15 is 0 Å². The average molecular weight is 335 g/mol. The summed E-state index contributed by atoms with van der Waals surface area (Å²) in [6.07, 6.45) is -4.52. The largest absolute Gasteiger partial charge is 0.465 e. The van der Waals surface area contributed by atoms with Crippen molar-refractivity contribution < 1.29 is 22.7 Å². The molecule has 6 heteroatoms. The molecule has 126 valence electrons. The molecular formula is C18H16F3NO2. The zero-order chi connectivity index (χ0) is 17.9. The zero-order valence-corrected chi connectivity index (χ0v) is 13.4. The number of methoxy groups -OCH3 is 1. The molecule has 0 aliphatic carbocycles. The molecule has 0 atom stereocenters. The number of hydrogen-bond acceptors (Lipinski definition) is 3. The van der Waals surface area contributed by atoms with Gasteiger partial charge in [0, 0.05) is 0 Å². The summed E-state index contributed by atoms with van der Waals surface area (Å²) in [5.74, 6) is -0.634. The van der Waals surface area contributed by atoms with Crippen LogP contribution in [-0.2, 0) is 4.74 Å². The Morgan fingerprint density at radius 3 is 2.21 bits per heavy atom. The van der Waals surface area contributed by atoms with Gasteiger partial charge in [-0.2, -0.15) is 13.2 Å². The highest BCUT2D eigenvalue weighted by molar-refractivity contribution is 5.94. The van der Waals surface area contributed by atoms with Crippen LogP contribution < -0.4 is 0 Å². The highest BCUT2D eigenvalue weighted by atomic mass is 19.4. The first kappa shape index (κ1) is 17.7. The zero-order valence-electron chi connectivity index (χ0n) is 13.4. The van der Waals surface area contributed by atoms with Gasteiger partial charge in [0.25, 0.3) is 0 Å². The quantitative estimate of drug-likeness (QED) is 0.578. The third kappa shape index (κ3) is 4.22. The fourth-order valence-electron chi connectivity index (χ4n) is 2.08. The summed E-state index contributed by atoms with van der Waals surface area (Å²) in [6.45, 7) is 2.81. The number of esters is 1. The van der Waals surface area contributed by atoms with Crippen LogP contribution in [0.2, 0.25) is 0 Å². The van der Waals surface area contributed by atoms with E-state index in [1.54, 1.807) is 6.07 Å². The maximum atomic E-state index is 12.7. The summed E-state index contributed by atoms with van der Waals surface area (Å²) in [5.41, 5.74) is 1.61. The Bertz CT molecular complexity index is 778. The van der Waals surface area contributed by atoms with Crippen LogP contribution in [0.5, 0.6) is 0 Å². The van der Waals surface area contributed by atoms with E-state index in [4.69, 9.17) is 0 Å². The minimum atomic E-state index is -4.52. The molecule has 0 N–H and O–H groups in total. The first-order valence-electron chi connectivity index (χ1n) is 7.13. The van der Waals surface area contributed by atoms with E-state index in [-0.39, 0.29) is 11.3 Å². The molecule has 0 aliphatic heterocycles. The third-order valence-electron chi connectivity index (χ3n) is 3.43. The van der Waals surface area contributed by atoms with Gasteiger partial charge < -0.3 is 4.74 Å². The van der Waals surface area contributed by atoms with E-state index in [0.29, 0.717) is 5.56 Å². The van der Waals surface area contributed by atoms with Gasteiger partial charge in [0.2, 0.25) is 0 Å². The van der Waals surface area contributed by atoms with Crippen LogP contribution in [0.15, 0.2) is 47.5 Å². The Hall–Kier alpha value is -2.63. The summed E-state index contributed by atoms with van der Waals surface area (Å²) >= 11 is 0. The summed E-state index contributed by atoms with van der Waals surface area (Å²) < 4.78 is 42.8. The van der Waals surface area contributed by atoms with Crippen molar-refractivity contribution in [2.24, 2.45) is 4.99 Å². The molecule has 0 spiro atoms. The van der Waals surface area contributed by atoms with Crippen LogP contribution in [0.4, 0.5) is 18.9 Å². The standard InChI is InChI=1S/C18H16F3NO2/c1-11-4-6-13(7-5-11)14-8-15(17(23)24-3)10-16(9-14)22-12(2)18(19,20)21/h4-10H,1-3H3. The van der Waals surface area contributed by atoms with Gasteiger partial charge in [-0.05, 0) is 43.2 Å². The van der Waals surface area contributed by atoms with Crippen LogP contribution >= 0.6 is 0 Å². The molecule has 0 fully saturated rings. The van der Waals surface area contributed by atoms with Gasteiger partial charge in [-0.15, -0.1) is 0 Å². The molecule has 0 aromatic heterocycles. The van der Waals surface area contributed by atoms with Crippen molar-refractivity contribution in [3.8, 4) is 11.1 Å². The monoisotopic (exact) mass is 335 g/mol. The highest BCUT2D eigenvalue weighted by Gasteiger charge is 2.32. The highest BCUT2D eigenvalue weighted by Crippen LogP contribution is 2.29. The number of rotatable bonds is 3. The van der Waals surface area contributed by atoms with Gasteiger partial charge >= 0.3 is 12.1 Å². The maximum absolute atomic E-state index is 12.7. The van der Waals surface area contributed by atoms with Crippen molar-refractivity contribution in [1.29, 1.82) is 0 Å². The third-order valence-corrected chi connectivity index (χ3v) is 3.43. The number of ether oxygens (including phenoxy) is 1. The van der Waals surface area contributed by atoms with E-state index in [2.05, 4.69) is 9.73 Å². The Morgan fingerprint density at radius 1 is 1.04 bits per heavy atom. The number of benzene rings is 2. The van der Waals surface area contributed by atoms with Crippen molar-refractivity contribution in [2.45, 2.75) is 20.0 Å². The van der Waals surface area contributed by atoms with Crippen molar-refractivity contribution in [2.75, 3.05) is 7.11 Å². The molecule has 0 amide bonds. The Morgan fingerprint density at radius 2 is 1.67 bits per heavy atom. The Balaban J connectivity index is 2.57. The second kappa shape index (κ2) is 6.86. The summed E-state index contributed by atoms with van der Waals surface area (Å²) in [7, 11) is 1.21. The molecule has 0 saturated heterocycles. The van der Waals surface area contributed by atoms with Crippen LogP contribution in [-0.4, -0.2) is 25.0 Å². The van der Waals surface area contributed by atoms with Crippen LogP contribution in [0.25, 0.3) is 11.1 Å². The van der Waals surface area contributed by atoms with Gasteiger partial charge in [-0.3, -0.25) is 0 Å². The average Bonchev–Trinajstić information content (AvgIpc) is 2.53. The lowest BCUT2D eigenvalue weighted by atomic mass is 10.0. The predicted octanol–water partition coefficient (Wildman–Crippen LogP) is 5.10. The fourth-order valence-corrected chi connectivity index (χ4v) is 2.08. The molecule has 24 heavy (non-hydrogen) atoms. The fraction of sp³-hybridized carbons (Fsp3) is 0.222. The summed E-state index contributed by atoms with van der Waals surface area (Å²) in [5, 5.41) is 0. The maximum Gasteiger partial charge on any atom is 0.429 e. The second-order valence-corrected chi connectivity index (χ2v) is 5.32. The molecule has 0 heterocycles. The van der Waals surface area contributed by atoms with Gasteiger partial charge in [-0.1, -0.05) is 29.8 Å². The summed E-state index contributed by atoms with van der Waals surface area (Å²) in [6, 6.07) is 11.8. The number of aliphatic imine (C=N–C) groups is 1. The Labute approximate surface area is 137 Å². The van der Waals surface area contributed by atoms with Gasteiger partial charge in [-0.25, -0.2) is 9.79 Å². The molecule has 0 radical (unpaired) electrons. The number of carbonyl (C=O) groups excluding carboxylic acids is 1. The van der Waals surface area contributed by atoms with Crippen molar-refractivity contribution in [1.82, 2.24) is 0 Å². The molecule has 0 saturated carbocycles. The van der Waals surface area contributed by atoms with Crippen LogP contribution in [0.1, 0.15) is 22.8 Å². The lowest BCUT2D eigenvalue weighted by Crippen LogP contribution is -2.18. The van der Waals surface area contributed by atoms with E-state index in [9.17, 15) is 18.0 Å². The van der Waals surface area contributed by atoms with E-state index in [1.807, 2.05) is 31.2 Å². The molecule has 0 bridgehead atoms. The number of carbonyl (C=O) groups is 1.